The van der Waals surface area contributed by atoms with Gasteiger partial charge in [0.05, 0.1) is 24.4 Å². The average molecular weight is 343 g/mol. The Hall–Kier alpha value is -1.51. The summed E-state index contributed by atoms with van der Waals surface area (Å²) in [6, 6.07) is 5.28. The summed E-state index contributed by atoms with van der Waals surface area (Å²) in [7, 11) is -3.72. The summed E-state index contributed by atoms with van der Waals surface area (Å²) in [5.41, 5.74) is -0.149. The van der Waals surface area contributed by atoms with Crippen LogP contribution in [0.25, 0.3) is 0 Å². The molecule has 0 radical (unpaired) electrons. The molecule has 1 aliphatic carbocycles. The summed E-state index contributed by atoms with van der Waals surface area (Å²) in [6.45, 7) is -0.0779. The predicted molar refractivity (Wildman–Crippen MR) is 79.7 cm³/mol. The monoisotopic (exact) mass is 343 g/mol. The van der Waals surface area contributed by atoms with Crippen molar-refractivity contribution in [2.75, 3.05) is 13.2 Å². The first-order valence-electron chi connectivity index (χ1n) is 7.42. The number of benzene rings is 1. The molecule has 2 fully saturated rings. The number of hydrogen-bond acceptors (Lipinski definition) is 4. The van der Waals surface area contributed by atoms with Gasteiger partial charge >= 0.3 is 5.97 Å². The van der Waals surface area contributed by atoms with Gasteiger partial charge < -0.3 is 9.84 Å². The SMILES string of the molecule is O=C(O)C1CN(S(=O)(=O)Cc2ccc(F)cc2)C2(CCC2)CO1. The van der Waals surface area contributed by atoms with Crippen LogP contribution in [0.15, 0.2) is 24.3 Å². The lowest BCUT2D eigenvalue weighted by Crippen LogP contribution is -2.65. The van der Waals surface area contributed by atoms with Crippen molar-refractivity contribution in [2.45, 2.75) is 36.7 Å². The fraction of sp³-hybridized carbons (Fsp3) is 0.533. The lowest BCUT2D eigenvalue weighted by atomic mass is 9.76. The number of carboxylic acid groups (broad SMARTS) is 1. The number of sulfonamides is 1. The molecule has 1 spiro atoms. The molecule has 0 amide bonds. The van der Waals surface area contributed by atoms with E-state index in [1.165, 1.54) is 28.6 Å². The van der Waals surface area contributed by atoms with Crippen molar-refractivity contribution >= 4 is 16.0 Å². The minimum absolute atomic E-state index is 0.104. The van der Waals surface area contributed by atoms with Gasteiger partial charge in [-0.3, -0.25) is 0 Å². The molecule has 1 saturated heterocycles. The zero-order chi connectivity index (χ0) is 16.7. The van der Waals surface area contributed by atoms with Crippen LogP contribution in [0.2, 0.25) is 0 Å². The van der Waals surface area contributed by atoms with Gasteiger partial charge in [-0.2, -0.15) is 4.31 Å². The van der Waals surface area contributed by atoms with Crippen LogP contribution in [0, 0.1) is 5.82 Å². The molecule has 1 aromatic carbocycles. The first kappa shape index (κ1) is 16.4. The number of rotatable bonds is 4. The molecule has 1 N–H and O–H groups in total. The van der Waals surface area contributed by atoms with Crippen LogP contribution in [-0.2, 0) is 25.3 Å². The van der Waals surface area contributed by atoms with E-state index < -0.39 is 33.5 Å². The first-order chi connectivity index (χ1) is 10.8. The minimum atomic E-state index is -3.72. The second-order valence-corrected chi connectivity index (χ2v) is 8.02. The Labute approximate surface area is 133 Å². The molecule has 2 aliphatic rings. The summed E-state index contributed by atoms with van der Waals surface area (Å²) in [5.74, 6) is -1.87. The van der Waals surface area contributed by atoms with Gasteiger partial charge in [0.1, 0.15) is 5.82 Å². The van der Waals surface area contributed by atoms with Crippen LogP contribution in [-0.4, -0.2) is 48.6 Å². The van der Waals surface area contributed by atoms with Gasteiger partial charge in [0.25, 0.3) is 0 Å². The molecule has 0 bridgehead atoms. The van der Waals surface area contributed by atoms with E-state index in [1.54, 1.807) is 0 Å². The van der Waals surface area contributed by atoms with E-state index in [-0.39, 0.29) is 18.9 Å². The van der Waals surface area contributed by atoms with E-state index in [0.717, 1.165) is 6.42 Å². The number of carboxylic acids is 1. The number of morpholine rings is 1. The van der Waals surface area contributed by atoms with Crippen molar-refractivity contribution in [1.29, 1.82) is 0 Å². The molecule has 6 nitrogen and oxygen atoms in total. The summed E-state index contributed by atoms with van der Waals surface area (Å²) < 4.78 is 45.2. The van der Waals surface area contributed by atoms with E-state index in [0.29, 0.717) is 18.4 Å². The van der Waals surface area contributed by atoms with Crippen LogP contribution >= 0.6 is 0 Å². The first-order valence-corrected chi connectivity index (χ1v) is 9.03. The summed E-state index contributed by atoms with van der Waals surface area (Å²) in [6.07, 6.45) is 1.08. The third kappa shape index (κ3) is 3.11. The maximum Gasteiger partial charge on any atom is 0.334 e. The normalized spacial score (nSPS) is 24.3. The number of aliphatic carboxylic acids is 1. The van der Waals surface area contributed by atoms with Crippen molar-refractivity contribution in [1.82, 2.24) is 4.31 Å². The molecule has 1 saturated carbocycles. The molecule has 1 aromatic rings. The highest BCUT2D eigenvalue weighted by molar-refractivity contribution is 7.88. The third-order valence-electron chi connectivity index (χ3n) is 4.57. The topological polar surface area (TPSA) is 83.9 Å². The van der Waals surface area contributed by atoms with Crippen molar-refractivity contribution in [3.05, 3.63) is 35.6 Å². The molecular formula is C15H18FNO5S. The Balaban J connectivity index is 1.85. The van der Waals surface area contributed by atoms with Crippen LogP contribution in [0.3, 0.4) is 0 Å². The molecule has 1 aliphatic heterocycles. The van der Waals surface area contributed by atoms with Crippen molar-refractivity contribution in [3.8, 4) is 0 Å². The van der Waals surface area contributed by atoms with Gasteiger partial charge in [-0.15, -0.1) is 0 Å². The molecule has 1 unspecified atom stereocenters. The summed E-state index contributed by atoms with van der Waals surface area (Å²) >= 11 is 0. The number of hydrogen-bond donors (Lipinski definition) is 1. The number of ether oxygens (including phenoxy) is 1. The van der Waals surface area contributed by atoms with Crippen molar-refractivity contribution in [3.63, 3.8) is 0 Å². The maximum absolute atomic E-state index is 13.0. The highest BCUT2D eigenvalue weighted by atomic mass is 32.2. The van der Waals surface area contributed by atoms with Crippen LogP contribution < -0.4 is 0 Å². The highest BCUT2D eigenvalue weighted by Gasteiger charge is 2.52. The zero-order valence-electron chi connectivity index (χ0n) is 12.4. The lowest BCUT2D eigenvalue weighted by molar-refractivity contribution is -0.166. The maximum atomic E-state index is 13.0. The second-order valence-electron chi connectivity index (χ2n) is 6.13. The molecular weight excluding hydrogens is 325 g/mol. The smallest absolute Gasteiger partial charge is 0.334 e. The Morgan fingerprint density at radius 1 is 1.35 bits per heavy atom. The number of carbonyl (C=O) groups is 1. The predicted octanol–water partition coefficient (Wildman–Crippen LogP) is 1.36. The van der Waals surface area contributed by atoms with E-state index >= 15 is 0 Å². The van der Waals surface area contributed by atoms with Gasteiger partial charge in [-0.1, -0.05) is 12.1 Å². The molecule has 23 heavy (non-hydrogen) atoms. The zero-order valence-corrected chi connectivity index (χ0v) is 13.3. The Morgan fingerprint density at radius 3 is 2.52 bits per heavy atom. The third-order valence-corrected chi connectivity index (χ3v) is 6.48. The van der Waals surface area contributed by atoms with Crippen LogP contribution in [0.4, 0.5) is 4.39 Å². The summed E-state index contributed by atoms with van der Waals surface area (Å²) in [4.78, 5) is 11.2. The van der Waals surface area contributed by atoms with Crippen molar-refractivity contribution in [2.24, 2.45) is 0 Å². The summed E-state index contributed by atoms with van der Waals surface area (Å²) in [5, 5.41) is 9.11. The highest BCUT2D eigenvalue weighted by Crippen LogP contribution is 2.42. The van der Waals surface area contributed by atoms with Crippen LogP contribution in [0.5, 0.6) is 0 Å². The standard InChI is InChI=1S/C15H18FNO5S/c16-12-4-2-11(3-5-12)9-23(20,21)17-8-13(14(18)19)22-10-15(17)6-1-7-15/h2-5,13H,1,6-10H2,(H,18,19). The number of halogens is 1. The second kappa shape index (κ2) is 5.85. The average Bonchev–Trinajstić information content (AvgIpc) is 2.47. The van der Waals surface area contributed by atoms with Crippen LogP contribution in [0.1, 0.15) is 24.8 Å². The molecule has 1 atom stereocenters. The van der Waals surface area contributed by atoms with Gasteiger partial charge in [0.2, 0.25) is 10.0 Å². The fourth-order valence-corrected chi connectivity index (χ4v) is 5.09. The fourth-order valence-electron chi connectivity index (χ4n) is 3.13. The van der Waals surface area contributed by atoms with E-state index in [4.69, 9.17) is 9.84 Å². The van der Waals surface area contributed by atoms with E-state index in [9.17, 15) is 17.6 Å². The Kier molecular flexibility index (Phi) is 4.16. The molecule has 1 heterocycles. The Bertz CT molecular complexity index is 699. The molecule has 126 valence electrons. The Morgan fingerprint density at radius 2 is 2.00 bits per heavy atom. The lowest BCUT2D eigenvalue weighted by Gasteiger charge is -2.52. The molecule has 0 aromatic heterocycles. The molecule has 3 rings (SSSR count). The van der Waals surface area contributed by atoms with E-state index in [1.807, 2.05) is 0 Å². The minimum Gasteiger partial charge on any atom is -0.479 e. The molecule has 8 heteroatoms. The van der Waals surface area contributed by atoms with Gasteiger partial charge in [0.15, 0.2) is 6.10 Å². The largest absolute Gasteiger partial charge is 0.479 e. The van der Waals surface area contributed by atoms with Gasteiger partial charge in [0, 0.05) is 0 Å². The van der Waals surface area contributed by atoms with E-state index in [2.05, 4.69) is 0 Å². The quantitative estimate of drug-likeness (QED) is 0.892. The van der Waals surface area contributed by atoms with Crippen molar-refractivity contribution < 1.29 is 27.4 Å². The number of nitrogens with zero attached hydrogens (tertiary/aromatic N) is 1. The van der Waals surface area contributed by atoms with Gasteiger partial charge in [-0.25, -0.2) is 17.6 Å². The van der Waals surface area contributed by atoms with Gasteiger partial charge in [-0.05, 0) is 37.0 Å².